The van der Waals surface area contributed by atoms with Crippen LogP contribution in [-0.4, -0.2) is 15.0 Å². The number of carbonyl (C=O) groups is 1. The summed E-state index contributed by atoms with van der Waals surface area (Å²) in [5, 5.41) is 11.7. The second-order valence-corrected chi connectivity index (χ2v) is 6.99. The minimum Gasteiger partial charge on any atom is -0.325 e. The molecule has 0 radical (unpaired) electrons. The number of nitrogens with one attached hydrogen (secondary N) is 1. The third-order valence-corrected chi connectivity index (χ3v) is 4.03. The van der Waals surface area contributed by atoms with Crippen LogP contribution >= 0.6 is 0 Å². The molecule has 1 aromatic carbocycles. The largest absolute Gasteiger partial charge is 0.331 e. The molecule has 1 aromatic heterocycles. The van der Waals surface area contributed by atoms with Crippen molar-refractivity contribution in [1.29, 1.82) is 5.26 Å². The summed E-state index contributed by atoms with van der Waals surface area (Å²) in [5.41, 5.74) is 0.144. The van der Waals surface area contributed by atoms with E-state index in [-0.39, 0.29) is 11.0 Å². The van der Waals surface area contributed by atoms with E-state index in [1.54, 1.807) is 25.1 Å². The molecule has 0 unspecified atom stereocenters. The number of anilines is 1. The number of aromatic nitrogens is 2. The summed E-state index contributed by atoms with van der Waals surface area (Å²) in [5.74, 6) is -0.509. The Hall–Kier alpha value is -3.14. The third-order valence-electron chi connectivity index (χ3n) is 4.03. The summed E-state index contributed by atoms with van der Waals surface area (Å²) < 4.78 is 2.01. The van der Waals surface area contributed by atoms with Crippen LogP contribution < -0.4 is 16.6 Å². The molecule has 0 aliphatic rings. The molecular weight excluding hydrogens is 332 g/mol. The molecule has 7 heteroatoms. The minimum atomic E-state index is -0.763. The Kier molecular flexibility index (Phi) is 5.46. The van der Waals surface area contributed by atoms with Crippen molar-refractivity contribution in [1.82, 2.24) is 9.13 Å². The van der Waals surface area contributed by atoms with Gasteiger partial charge in [0.2, 0.25) is 5.91 Å². The van der Waals surface area contributed by atoms with Gasteiger partial charge in [0.05, 0.1) is 0 Å². The number of carbonyl (C=O) groups excluding carboxylic acids is 1. The highest BCUT2D eigenvalue weighted by molar-refractivity contribution is 5.90. The average Bonchev–Trinajstić information content (AvgIpc) is 2.58. The quantitative estimate of drug-likeness (QED) is 0.906. The monoisotopic (exact) mass is 354 g/mol. The van der Waals surface area contributed by atoms with E-state index >= 15 is 0 Å². The van der Waals surface area contributed by atoms with Crippen molar-refractivity contribution in [2.24, 2.45) is 0 Å². The molecule has 1 N–H and O–H groups in total. The predicted octanol–water partition coefficient (Wildman–Crippen LogP) is 1.84. The number of hydrogen-bond donors (Lipinski definition) is 1. The molecule has 0 bridgehead atoms. The Labute approximate surface area is 151 Å². The molecule has 0 spiro atoms. The zero-order chi connectivity index (χ0) is 19.5. The molecule has 1 amide bonds. The minimum absolute atomic E-state index is 0.00117. The fraction of sp³-hybridized carbons (Fsp3) is 0.368. The first-order valence-corrected chi connectivity index (χ1v) is 8.32. The van der Waals surface area contributed by atoms with Crippen molar-refractivity contribution >= 4 is 11.6 Å². The van der Waals surface area contributed by atoms with E-state index in [1.165, 1.54) is 10.8 Å². The second kappa shape index (κ2) is 7.40. The van der Waals surface area contributed by atoms with Gasteiger partial charge >= 0.3 is 5.69 Å². The van der Waals surface area contributed by atoms with Gasteiger partial charge in [-0.05, 0) is 30.0 Å². The number of amides is 1. The Morgan fingerprint density at radius 2 is 1.81 bits per heavy atom. The molecule has 2 rings (SSSR count). The molecule has 0 saturated heterocycles. The van der Waals surface area contributed by atoms with Crippen LogP contribution in [0.1, 0.15) is 38.8 Å². The normalized spacial score (nSPS) is 11.0. The van der Waals surface area contributed by atoms with Gasteiger partial charge in [0.25, 0.3) is 5.56 Å². The molecule has 0 aliphatic carbocycles. The fourth-order valence-electron chi connectivity index (χ4n) is 2.49. The van der Waals surface area contributed by atoms with Crippen LogP contribution in [0, 0.1) is 11.3 Å². The van der Waals surface area contributed by atoms with E-state index in [0.717, 1.165) is 10.1 Å². The zero-order valence-electron chi connectivity index (χ0n) is 15.4. The van der Waals surface area contributed by atoms with Gasteiger partial charge in [-0.15, -0.1) is 0 Å². The van der Waals surface area contributed by atoms with E-state index in [9.17, 15) is 14.4 Å². The Balaban J connectivity index is 2.25. The van der Waals surface area contributed by atoms with E-state index in [1.807, 2.05) is 12.1 Å². The lowest BCUT2D eigenvalue weighted by Crippen LogP contribution is -2.43. The van der Waals surface area contributed by atoms with Crippen LogP contribution in [0.5, 0.6) is 0 Å². The van der Waals surface area contributed by atoms with Gasteiger partial charge in [-0.1, -0.05) is 32.9 Å². The van der Waals surface area contributed by atoms with Crippen molar-refractivity contribution in [2.45, 2.75) is 46.2 Å². The van der Waals surface area contributed by atoms with E-state index < -0.39 is 23.7 Å². The molecule has 0 aliphatic heterocycles. The lowest BCUT2D eigenvalue weighted by molar-refractivity contribution is -0.116. The molecule has 2 aromatic rings. The highest BCUT2D eigenvalue weighted by Gasteiger charge is 2.15. The van der Waals surface area contributed by atoms with E-state index in [4.69, 9.17) is 5.26 Å². The van der Waals surface area contributed by atoms with Crippen LogP contribution in [0.15, 0.2) is 40.1 Å². The van der Waals surface area contributed by atoms with E-state index in [0.29, 0.717) is 12.2 Å². The summed E-state index contributed by atoms with van der Waals surface area (Å²) in [6, 6.07) is 9.14. The van der Waals surface area contributed by atoms with Crippen LogP contribution in [0.25, 0.3) is 0 Å². The fourth-order valence-corrected chi connectivity index (χ4v) is 2.49. The number of nitriles is 1. The first-order valence-electron chi connectivity index (χ1n) is 8.32. The molecule has 0 saturated carbocycles. The summed E-state index contributed by atoms with van der Waals surface area (Å²) in [6.45, 7) is 7.84. The lowest BCUT2D eigenvalue weighted by atomic mass is 9.87. The van der Waals surface area contributed by atoms with Gasteiger partial charge in [0.15, 0.2) is 0 Å². The first-order chi connectivity index (χ1) is 12.2. The number of aryl methyl sites for hydroxylation is 1. The van der Waals surface area contributed by atoms with Gasteiger partial charge in [-0.2, -0.15) is 5.26 Å². The van der Waals surface area contributed by atoms with Crippen LogP contribution in [0.3, 0.4) is 0 Å². The van der Waals surface area contributed by atoms with Gasteiger partial charge in [-0.3, -0.25) is 14.2 Å². The van der Waals surface area contributed by atoms with Crippen molar-refractivity contribution in [3.8, 4) is 6.07 Å². The van der Waals surface area contributed by atoms with E-state index in [2.05, 4.69) is 26.1 Å². The second-order valence-electron chi connectivity index (χ2n) is 6.99. The van der Waals surface area contributed by atoms with Crippen LogP contribution in [0.2, 0.25) is 0 Å². The molecule has 1 heterocycles. The Morgan fingerprint density at radius 1 is 1.19 bits per heavy atom. The van der Waals surface area contributed by atoms with Gasteiger partial charge in [-0.25, -0.2) is 9.36 Å². The maximum absolute atomic E-state index is 12.3. The number of nitrogens with zero attached hydrogens (tertiary/aromatic N) is 3. The maximum atomic E-state index is 12.3. The average molecular weight is 354 g/mol. The SMILES string of the molecule is CCn1cc(C#N)c(=O)n(CC(=O)Nc2ccc(C(C)(C)C)cc2)c1=O. The van der Waals surface area contributed by atoms with Gasteiger partial charge < -0.3 is 5.32 Å². The van der Waals surface area contributed by atoms with Crippen molar-refractivity contribution in [2.75, 3.05) is 5.32 Å². The number of benzene rings is 1. The molecule has 0 fully saturated rings. The van der Waals surface area contributed by atoms with Crippen molar-refractivity contribution in [3.63, 3.8) is 0 Å². The Morgan fingerprint density at radius 3 is 2.31 bits per heavy atom. The smallest absolute Gasteiger partial charge is 0.325 e. The van der Waals surface area contributed by atoms with Gasteiger partial charge in [0.1, 0.15) is 18.2 Å². The predicted molar refractivity (Wildman–Crippen MR) is 99.1 cm³/mol. The number of hydrogen-bond acceptors (Lipinski definition) is 4. The molecular formula is C19H22N4O3. The standard InChI is InChI=1S/C19H22N4O3/c1-5-22-11-13(10-20)17(25)23(18(22)26)12-16(24)21-15-8-6-14(7-9-15)19(2,3)4/h6-9,11H,5,12H2,1-4H3,(H,21,24). The van der Waals surface area contributed by atoms with Crippen molar-refractivity contribution < 1.29 is 4.79 Å². The summed E-state index contributed by atoms with van der Waals surface area (Å²) in [4.78, 5) is 36.7. The molecule has 136 valence electrons. The van der Waals surface area contributed by atoms with Crippen molar-refractivity contribution in [3.05, 3.63) is 62.4 Å². The summed E-state index contributed by atoms with van der Waals surface area (Å²) in [7, 11) is 0. The van der Waals surface area contributed by atoms with Crippen LogP contribution in [-0.2, 0) is 23.3 Å². The highest BCUT2D eigenvalue weighted by atomic mass is 16.2. The summed E-state index contributed by atoms with van der Waals surface area (Å²) >= 11 is 0. The first kappa shape index (κ1) is 19.2. The molecule has 0 atom stereocenters. The van der Waals surface area contributed by atoms with Crippen LogP contribution in [0.4, 0.5) is 5.69 Å². The Bertz CT molecular complexity index is 970. The molecule has 7 nitrogen and oxygen atoms in total. The van der Waals surface area contributed by atoms with Gasteiger partial charge in [0, 0.05) is 18.4 Å². The topological polar surface area (TPSA) is 96.9 Å². The lowest BCUT2D eigenvalue weighted by Gasteiger charge is -2.19. The highest BCUT2D eigenvalue weighted by Crippen LogP contribution is 2.23. The number of rotatable bonds is 4. The molecule has 26 heavy (non-hydrogen) atoms. The maximum Gasteiger partial charge on any atom is 0.331 e. The summed E-state index contributed by atoms with van der Waals surface area (Å²) in [6.07, 6.45) is 1.21. The zero-order valence-corrected chi connectivity index (χ0v) is 15.4. The third kappa shape index (κ3) is 4.09.